The molecule has 0 amide bonds. The third-order valence-corrected chi connectivity index (χ3v) is 5.18. The van der Waals surface area contributed by atoms with Crippen molar-refractivity contribution in [2.75, 3.05) is 7.11 Å². The van der Waals surface area contributed by atoms with E-state index in [1.54, 1.807) is 25.3 Å². The maximum atomic E-state index is 12.3. The number of ether oxygens (including phenoxy) is 2. The summed E-state index contributed by atoms with van der Waals surface area (Å²) in [4.78, 5) is 12.3. The highest BCUT2D eigenvalue weighted by Crippen LogP contribution is 2.29. The second kappa shape index (κ2) is 9.32. The van der Waals surface area contributed by atoms with Crippen LogP contribution in [0.25, 0.3) is 11.3 Å². The first-order chi connectivity index (χ1) is 14.7. The smallest absolute Gasteiger partial charge is 0.338 e. The Labute approximate surface area is 176 Å². The van der Waals surface area contributed by atoms with Gasteiger partial charge < -0.3 is 14.0 Å². The van der Waals surface area contributed by atoms with Crippen LogP contribution in [0.1, 0.15) is 47.4 Å². The van der Waals surface area contributed by atoms with E-state index in [0.717, 1.165) is 11.1 Å². The zero-order valence-electron chi connectivity index (χ0n) is 16.9. The highest BCUT2D eigenvalue weighted by atomic mass is 16.5. The minimum atomic E-state index is -0.416. The van der Waals surface area contributed by atoms with E-state index in [4.69, 9.17) is 14.0 Å². The number of aromatic nitrogens is 1. The molecule has 0 unspecified atom stereocenters. The second-order valence-electron chi connectivity index (χ2n) is 7.28. The van der Waals surface area contributed by atoms with Crippen molar-refractivity contribution in [1.82, 2.24) is 5.16 Å². The number of nitrogens with zero attached hydrogens (tertiary/aromatic N) is 1. The lowest BCUT2D eigenvalue weighted by Gasteiger charge is -2.04. The molecular weight excluding hydrogens is 378 g/mol. The summed E-state index contributed by atoms with van der Waals surface area (Å²) in [6.07, 6.45) is 4.93. The fourth-order valence-corrected chi connectivity index (χ4v) is 3.53. The van der Waals surface area contributed by atoms with Crippen molar-refractivity contribution in [1.29, 1.82) is 0 Å². The van der Waals surface area contributed by atoms with Crippen LogP contribution in [-0.2, 0) is 11.3 Å². The lowest BCUT2D eigenvalue weighted by Crippen LogP contribution is -2.04. The summed E-state index contributed by atoms with van der Waals surface area (Å²) in [6.45, 7) is 0.00419. The van der Waals surface area contributed by atoms with Gasteiger partial charge in [0.25, 0.3) is 0 Å². The van der Waals surface area contributed by atoms with Crippen LogP contribution >= 0.6 is 0 Å². The minimum Gasteiger partial charge on any atom is -0.496 e. The maximum absolute atomic E-state index is 12.3. The molecule has 0 bridgehead atoms. The van der Waals surface area contributed by atoms with Gasteiger partial charge in [-0.25, -0.2) is 4.79 Å². The molecule has 0 N–H and O–H groups in total. The van der Waals surface area contributed by atoms with E-state index in [0.29, 0.717) is 28.7 Å². The number of hydrogen-bond donors (Lipinski definition) is 0. The monoisotopic (exact) mass is 401 g/mol. The predicted molar refractivity (Wildman–Crippen MR) is 113 cm³/mol. The van der Waals surface area contributed by atoms with Gasteiger partial charge in [-0.05, 0) is 49.2 Å². The molecule has 0 atom stereocenters. The molecular formula is C25H23NO4. The second-order valence-corrected chi connectivity index (χ2v) is 7.28. The molecule has 3 aromatic rings. The van der Waals surface area contributed by atoms with Gasteiger partial charge in [0.05, 0.1) is 12.7 Å². The summed E-state index contributed by atoms with van der Waals surface area (Å²) in [5, 5.41) is 4.05. The van der Waals surface area contributed by atoms with Gasteiger partial charge in [0, 0.05) is 23.1 Å². The van der Waals surface area contributed by atoms with E-state index in [-0.39, 0.29) is 6.61 Å². The molecule has 5 heteroatoms. The first-order valence-corrected chi connectivity index (χ1v) is 10.1. The van der Waals surface area contributed by atoms with Crippen LogP contribution in [0.5, 0.6) is 5.75 Å². The molecule has 1 aromatic heterocycles. The van der Waals surface area contributed by atoms with Gasteiger partial charge in [-0.2, -0.15) is 0 Å². The van der Waals surface area contributed by atoms with Crippen LogP contribution in [0.15, 0.2) is 59.1 Å². The molecule has 4 rings (SSSR count). The van der Waals surface area contributed by atoms with E-state index in [2.05, 4.69) is 17.0 Å². The molecule has 1 fully saturated rings. The Bertz CT molecular complexity index is 1070. The number of methoxy groups -OCH3 is 1. The number of carbonyl (C=O) groups is 1. The van der Waals surface area contributed by atoms with Gasteiger partial charge in [-0.15, -0.1) is 0 Å². The minimum absolute atomic E-state index is 0.00419. The zero-order chi connectivity index (χ0) is 20.8. The van der Waals surface area contributed by atoms with Crippen LogP contribution in [0.2, 0.25) is 0 Å². The van der Waals surface area contributed by atoms with E-state index < -0.39 is 5.97 Å². The van der Waals surface area contributed by atoms with Crippen molar-refractivity contribution < 1.29 is 18.8 Å². The molecule has 2 aromatic carbocycles. The lowest BCUT2D eigenvalue weighted by atomic mass is 10.1. The van der Waals surface area contributed by atoms with Gasteiger partial charge in [0.1, 0.15) is 11.4 Å². The fourth-order valence-electron chi connectivity index (χ4n) is 3.53. The third kappa shape index (κ3) is 4.72. The molecule has 30 heavy (non-hydrogen) atoms. The number of hydrogen-bond acceptors (Lipinski definition) is 5. The molecule has 1 saturated carbocycles. The number of para-hydroxylation sites is 1. The highest BCUT2D eigenvalue weighted by molar-refractivity contribution is 5.89. The van der Waals surface area contributed by atoms with E-state index in [1.165, 1.54) is 25.7 Å². The largest absolute Gasteiger partial charge is 0.496 e. The van der Waals surface area contributed by atoms with Crippen molar-refractivity contribution in [3.05, 3.63) is 71.5 Å². The van der Waals surface area contributed by atoms with E-state index >= 15 is 0 Å². The quantitative estimate of drug-likeness (QED) is 0.432. The topological polar surface area (TPSA) is 61.6 Å². The highest BCUT2D eigenvalue weighted by Gasteiger charge is 2.14. The Morgan fingerprint density at radius 2 is 1.90 bits per heavy atom. The van der Waals surface area contributed by atoms with Gasteiger partial charge in [0.15, 0.2) is 12.4 Å². The molecule has 1 heterocycles. The molecule has 0 saturated heterocycles. The molecule has 0 aliphatic heterocycles. The molecule has 0 radical (unpaired) electrons. The van der Waals surface area contributed by atoms with Crippen LogP contribution in [0, 0.1) is 17.8 Å². The summed E-state index contributed by atoms with van der Waals surface area (Å²) in [6, 6.07) is 16.5. The first-order valence-electron chi connectivity index (χ1n) is 10.1. The molecule has 0 spiro atoms. The zero-order valence-corrected chi connectivity index (χ0v) is 16.9. The summed E-state index contributed by atoms with van der Waals surface area (Å²) in [5.74, 6) is 7.78. The SMILES string of the molecule is COc1ccccc1-c1cc(COC(=O)c2ccc(C#CC3CCCC3)cc2)on1. The fraction of sp³-hybridized carbons (Fsp3) is 0.280. The summed E-state index contributed by atoms with van der Waals surface area (Å²) in [5.41, 5.74) is 2.83. The number of carbonyl (C=O) groups excluding carboxylic acids is 1. The molecule has 1 aliphatic carbocycles. The van der Waals surface area contributed by atoms with Crippen molar-refractivity contribution in [2.24, 2.45) is 5.92 Å². The van der Waals surface area contributed by atoms with Crippen LogP contribution in [0.4, 0.5) is 0 Å². The maximum Gasteiger partial charge on any atom is 0.338 e. The standard InChI is InChI=1S/C25H23NO4/c1-28-24-9-5-4-8-22(24)23-16-21(30-26-23)17-29-25(27)20-14-12-19(13-15-20)11-10-18-6-2-3-7-18/h4-5,8-9,12-16,18H,2-3,6-7,17H2,1H3. The van der Waals surface area contributed by atoms with Crippen molar-refractivity contribution in [3.63, 3.8) is 0 Å². The van der Waals surface area contributed by atoms with Crippen molar-refractivity contribution >= 4 is 5.97 Å². The van der Waals surface area contributed by atoms with Gasteiger partial charge >= 0.3 is 5.97 Å². The van der Waals surface area contributed by atoms with Gasteiger partial charge in [-0.1, -0.05) is 42.0 Å². The predicted octanol–water partition coefficient (Wildman–Crippen LogP) is 5.25. The van der Waals surface area contributed by atoms with E-state index in [9.17, 15) is 4.79 Å². The van der Waals surface area contributed by atoms with Crippen molar-refractivity contribution in [2.45, 2.75) is 32.3 Å². The number of esters is 1. The molecule has 5 nitrogen and oxygen atoms in total. The number of rotatable bonds is 5. The summed E-state index contributed by atoms with van der Waals surface area (Å²) >= 11 is 0. The number of benzene rings is 2. The summed E-state index contributed by atoms with van der Waals surface area (Å²) in [7, 11) is 1.60. The normalized spacial score (nSPS) is 13.5. The van der Waals surface area contributed by atoms with Crippen LogP contribution < -0.4 is 4.74 Å². The summed E-state index contributed by atoms with van der Waals surface area (Å²) < 4.78 is 16.0. The Kier molecular flexibility index (Phi) is 6.14. The third-order valence-electron chi connectivity index (χ3n) is 5.18. The average Bonchev–Trinajstić information content (AvgIpc) is 3.48. The van der Waals surface area contributed by atoms with Crippen LogP contribution in [-0.4, -0.2) is 18.2 Å². The van der Waals surface area contributed by atoms with E-state index in [1.807, 2.05) is 36.4 Å². The van der Waals surface area contributed by atoms with Gasteiger partial charge in [-0.3, -0.25) is 0 Å². The van der Waals surface area contributed by atoms with Crippen molar-refractivity contribution in [3.8, 4) is 28.8 Å². The Morgan fingerprint density at radius 3 is 2.67 bits per heavy atom. The first kappa shape index (κ1) is 19.8. The molecule has 152 valence electrons. The lowest BCUT2D eigenvalue weighted by molar-refractivity contribution is 0.0437. The van der Waals surface area contributed by atoms with Crippen LogP contribution in [0.3, 0.4) is 0 Å². The average molecular weight is 401 g/mol. The Morgan fingerprint density at radius 1 is 1.13 bits per heavy atom. The molecule has 1 aliphatic rings. The van der Waals surface area contributed by atoms with Gasteiger partial charge in [0.2, 0.25) is 0 Å². The Balaban J connectivity index is 1.35. The Hall–Kier alpha value is -3.52.